The Balaban J connectivity index is 0.00000420. The largest absolute Gasteiger partial charge is 0.416 e. The van der Waals surface area contributed by atoms with Gasteiger partial charge in [-0.25, -0.2) is 8.42 Å². The molecule has 0 aromatic heterocycles. The first-order valence-electron chi connectivity index (χ1n) is 8.43. The van der Waals surface area contributed by atoms with E-state index in [1.807, 2.05) is 12.1 Å². The van der Waals surface area contributed by atoms with Gasteiger partial charge >= 0.3 is 6.18 Å². The molecule has 0 atom stereocenters. The molecule has 0 saturated heterocycles. The molecule has 0 aliphatic rings. The Hall–Kier alpha value is -1.82. The highest BCUT2D eigenvalue weighted by Gasteiger charge is 2.29. The molecule has 0 spiro atoms. The number of aliphatic imine (C=N–C) groups is 1. The zero-order valence-electron chi connectivity index (χ0n) is 16.0. The molecule has 0 bridgehead atoms. The molecule has 5 nitrogen and oxygen atoms in total. The standard InChI is InChI=1S/C19H22F3N3O2S.HI/c1-23-18(25-12-15-7-9-17(10-8-15)19(20,21)22)24-11-14-3-5-16(6-4-14)13-28(2,26)27;/h3-10H,11-13H2,1-2H3,(H2,23,24,25);1H. The maximum Gasteiger partial charge on any atom is 0.416 e. The molecule has 0 aliphatic heterocycles. The lowest BCUT2D eigenvalue weighted by Crippen LogP contribution is -2.36. The van der Waals surface area contributed by atoms with Crippen LogP contribution in [-0.2, 0) is 34.9 Å². The molecule has 0 amide bonds. The van der Waals surface area contributed by atoms with Gasteiger partial charge in [-0.15, -0.1) is 24.0 Å². The Bertz CT molecular complexity index is 913. The van der Waals surface area contributed by atoms with Crippen LogP contribution in [0.2, 0.25) is 0 Å². The predicted octanol–water partition coefficient (Wildman–Crippen LogP) is 3.73. The van der Waals surface area contributed by atoms with E-state index in [2.05, 4.69) is 15.6 Å². The van der Waals surface area contributed by atoms with Crippen molar-refractivity contribution in [2.45, 2.75) is 25.0 Å². The second-order valence-electron chi connectivity index (χ2n) is 6.36. The average Bonchev–Trinajstić information content (AvgIpc) is 2.61. The van der Waals surface area contributed by atoms with E-state index < -0.39 is 21.6 Å². The van der Waals surface area contributed by atoms with Gasteiger partial charge in [-0.3, -0.25) is 4.99 Å². The number of rotatable bonds is 6. The van der Waals surface area contributed by atoms with Crippen LogP contribution >= 0.6 is 24.0 Å². The number of nitrogens with one attached hydrogen (secondary N) is 2. The molecule has 0 radical (unpaired) electrons. The van der Waals surface area contributed by atoms with Crippen molar-refractivity contribution in [3.63, 3.8) is 0 Å². The van der Waals surface area contributed by atoms with Crippen LogP contribution in [0.5, 0.6) is 0 Å². The summed E-state index contributed by atoms with van der Waals surface area (Å²) in [5.41, 5.74) is 1.67. The molecule has 0 unspecified atom stereocenters. The van der Waals surface area contributed by atoms with Crippen LogP contribution in [-0.4, -0.2) is 27.7 Å². The molecular formula is C19H23F3IN3O2S. The highest BCUT2D eigenvalue weighted by molar-refractivity contribution is 14.0. The van der Waals surface area contributed by atoms with Gasteiger partial charge in [0.1, 0.15) is 0 Å². The van der Waals surface area contributed by atoms with Crippen molar-refractivity contribution in [3.05, 3.63) is 70.8 Å². The van der Waals surface area contributed by atoms with E-state index in [1.54, 1.807) is 19.2 Å². The third-order valence-electron chi connectivity index (χ3n) is 3.88. The van der Waals surface area contributed by atoms with Gasteiger partial charge in [0.25, 0.3) is 0 Å². The number of benzene rings is 2. The number of nitrogens with zero attached hydrogens (tertiary/aromatic N) is 1. The summed E-state index contributed by atoms with van der Waals surface area (Å²) in [4.78, 5) is 4.08. The Morgan fingerprint density at radius 2 is 1.31 bits per heavy atom. The number of alkyl halides is 3. The molecule has 29 heavy (non-hydrogen) atoms. The van der Waals surface area contributed by atoms with Crippen molar-refractivity contribution >= 4 is 39.8 Å². The van der Waals surface area contributed by atoms with Crippen molar-refractivity contribution in [3.8, 4) is 0 Å². The minimum Gasteiger partial charge on any atom is -0.352 e. The summed E-state index contributed by atoms with van der Waals surface area (Å²) in [5.74, 6) is 0.497. The maximum atomic E-state index is 12.6. The third kappa shape index (κ3) is 9.03. The summed E-state index contributed by atoms with van der Waals surface area (Å²) in [5, 5.41) is 6.13. The molecule has 160 valence electrons. The number of guanidine groups is 1. The molecular weight excluding hydrogens is 518 g/mol. The van der Waals surface area contributed by atoms with Crippen molar-refractivity contribution in [2.24, 2.45) is 4.99 Å². The summed E-state index contributed by atoms with van der Waals surface area (Å²) in [6, 6.07) is 12.1. The van der Waals surface area contributed by atoms with E-state index >= 15 is 0 Å². The van der Waals surface area contributed by atoms with Crippen molar-refractivity contribution in [1.29, 1.82) is 0 Å². The van der Waals surface area contributed by atoms with Crippen molar-refractivity contribution in [2.75, 3.05) is 13.3 Å². The van der Waals surface area contributed by atoms with Gasteiger partial charge in [-0.05, 0) is 28.8 Å². The summed E-state index contributed by atoms with van der Waals surface area (Å²) < 4.78 is 60.4. The monoisotopic (exact) mass is 541 g/mol. The van der Waals surface area contributed by atoms with Crippen LogP contribution in [0.3, 0.4) is 0 Å². The van der Waals surface area contributed by atoms with Crippen molar-refractivity contribution in [1.82, 2.24) is 10.6 Å². The van der Waals surface area contributed by atoms with Crippen LogP contribution in [0, 0.1) is 0 Å². The quantitative estimate of drug-likeness (QED) is 0.332. The summed E-state index contributed by atoms with van der Waals surface area (Å²) in [7, 11) is -1.48. The van der Waals surface area contributed by atoms with Gasteiger partial charge in [0.05, 0.1) is 11.3 Å². The Morgan fingerprint density at radius 1 is 0.897 bits per heavy atom. The Morgan fingerprint density at radius 3 is 1.69 bits per heavy atom. The smallest absolute Gasteiger partial charge is 0.352 e. The molecule has 0 fully saturated rings. The number of hydrogen-bond donors (Lipinski definition) is 2. The van der Waals surface area contributed by atoms with E-state index in [9.17, 15) is 21.6 Å². The molecule has 2 rings (SSSR count). The second-order valence-corrected chi connectivity index (χ2v) is 8.50. The summed E-state index contributed by atoms with van der Waals surface area (Å²) in [6.07, 6.45) is -3.16. The number of sulfone groups is 1. The van der Waals surface area contributed by atoms with Gasteiger partial charge < -0.3 is 10.6 Å². The normalized spacial score (nSPS) is 12.2. The lowest BCUT2D eigenvalue weighted by Gasteiger charge is -2.13. The molecule has 2 aromatic rings. The van der Waals surface area contributed by atoms with Crippen LogP contribution in [0.4, 0.5) is 13.2 Å². The van der Waals surface area contributed by atoms with Crippen LogP contribution in [0.25, 0.3) is 0 Å². The molecule has 10 heteroatoms. The first-order chi connectivity index (χ1) is 13.1. The fourth-order valence-corrected chi connectivity index (χ4v) is 3.26. The van der Waals surface area contributed by atoms with Crippen molar-refractivity contribution < 1.29 is 21.6 Å². The zero-order valence-corrected chi connectivity index (χ0v) is 19.1. The predicted molar refractivity (Wildman–Crippen MR) is 119 cm³/mol. The van der Waals surface area contributed by atoms with E-state index in [-0.39, 0.29) is 29.7 Å². The molecule has 0 heterocycles. The molecule has 0 saturated carbocycles. The fraction of sp³-hybridized carbons (Fsp3) is 0.316. The highest BCUT2D eigenvalue weighted by Crippen LogP contribution is 2.29. The third-order valence-corrected chi connectivity index (χ3v) is 4.73. The minimum atomic E-state index is -4.35. The topological polar surface area (TPSA) is 70.6 Å². The van der Waals surface area contributed by atoms with Gasteiger partial charge in [0, 0.05) is 26.4 Å². The van der Waals surface area contributed by atoms with Gasteiger partial charge in [0.15, 0.2) is 15.8 Å². The summed E-state index contributed by atoms with van der Waals surface area (Å²) in [6.45, 7) is 0.789. The Labute approximate surface area is 185 Å². The number of hydrogen-bond acceptors (Lipinski definition) is 3. The minimum absolute atomic E-state index is 0. The molecule has 2 aromatic carbocycles. The van der Waals surface area contributed by atoms with Crippen LogP contribution < -0.4 is 10.6 Å². The van der Waals surface area contributed by atoms with E-state index in [4.69, 9.17) is 0 Å². The van der Waals surface area contributed by atoms with Crippen LogP contribution in [0.1, 0.15) is 22.3 Å². The van der Waals surface area contributed by atoms with Gasteiger partial charge in [0.2, 0.25) is 0 Å². The van der Waals surface area contributed by atoms with E-state index in [0.717, 1.165) is 23.3 Å². The first kappa shape index (κ1) is 25.2. The number of halogens is 4. The SMILES string of the molecule is CN=C(NCc1ccc(CS(C)(=O)=O)cc1)NCc1ccc(C(F)(F)F)cc1.I. The maximum absolute atomic E-state index is 12.6. The summed E-state index contributed by atoms with van der Waals surface area (Å²) >= 11 is 0. The van der Waals surface area contributed by atoms with E-state index in [1.165, 1.54) is 18.4 Å². The Kier molecular flexibility index (Phi) is 9.40. The second kappa shape index (κ2) is 10.8. The molecule has 0 aliphatic carbocycles. The zero-order chi connectivity index (χ0) is 20.8. The van der Waals surface area contributed by atoms with E-state index in [0.29, 0.717) is 24.6 Å². The average molecular weight is 541 g/mol. The fourth-order valence-electron chi connectivity index (χ4n) is 2.46. The lowest BCUT2D eigenvalue weighted by molar-refractivity contribution is -0.137. The van der Waals surface area contributed by atoms with Gasteiger partial charge in [-0.2, -0.15) is 13.2 Å². The highest BCUT2D eigenvalue weighted by atomic mass is 127. The lowest BCUT2D eigenvalue weighted by atomic mass is 10.1. The first-order valence-corrected chi connectivity index (χ1v) is 10.5. The van der Waals surface area contributed by atoms with Crippen LogP contribution in [0.15, 0.2) is 53.5 Å². The molecule has 2 N–H and O–H groups in total. The van der Waals surface area contributed by atoms with Gasteiger partial charge in [-0.1, -0.05) is 36.4 Å².